The van der Waals surface area contributed by atoms with Gasteiger partial charge in [0, 0.05) is 29.6 Å². The normalized spacial score (nSPS) is 20.3. The minimum Gasteiger partial charge on any atom is -0.390 e. The Labute approximate surface area is 189 Å². The molecule has 0 spiro atoms. The molecule has 1 aromatic carbocycles. The number of H-pyrrole nitrogens is 1. The predicted octanol–water partition coefficient (Wildman–Crippen LogP) is 0.346. The van der Waals surface area contributed by atoms with Crippen LogP contribution in [-0.4, -0.2) is 53.9 Å². The Morgan fingerprint density at radius 3 is 2.67 bits per heavy atom. The number of thioether (sulfide) groups is 1. The van der Waals surface area contributed by atoms with Gasteiger partial charge in [-0.25, -0.2) is 9.36 Å². The van der Waals surface area contributed by atoms with E-state index in [1.165, 1.54) is 30.1 Å². The number of aromatic amines is 1. The summed E-state index contributed by atoms with van der Waals surface area (Å²) >= 11 is 1.29. The number of aliphatic hydroxyl groups excluding tert-OH is 1. The number of phosphoric ester groups is 1. The fourth-order valence-corrected chi connectivity index (χ4v) is 3.89. The van der Waals surface area contributed by atoms with E-state index in [1.807, 2.05) is 0 Å². The highest BCUT2D eigenvalue weighted by atomic mass is 32.2. The van der Waals surface area contributed by atoms with Gasteiger partial charge in [0.1, 0.15) is 17.9 Å². The van der Waals surface area contributed by atoms with Crippen LogP contribution in [0.2, 0.25) is 0 Å². The number of hydrogen-bond acceptors (Lipinski definition) is 9. The van der Waals surface area contributed by atoms with Crippen molar-refractivity contribution in [3.05, 3.63) is 67.0 Å². The predicted molar refractivity (Wildman–Crippen MR) is 115 cm³/mol. The molecule has 13 nitrogen and oxygen atoms in total. The van der Waals surface area contributed by atoms with Crippen LogP contribution in [0.15, 0.2) is 44.9 Å². The summed E-state index contributed by atoms with van der Waals surface area (Å²) in [5.41, 5.74) is -1.59. The molecule has 1 aliphatic rings. The third-order valence-corrected chi connectivity index (χ3v) is 5.85. The molecule has 0 radical (unpaired) electrons. The number of phosphoric acid groups is 1. The maximum Gasteiger partial charge on any atom is 0.469 e. The van der Waals surface area contributed by atoms with E-state index in [4.69, 9.17) is 14.5 Å². The highest BCUT2D eigenvalue weighted by molar-refractivity contribution is 7.99. The lowest BCUT2D eigenvalue weighted by atomic mass is 10.2. The van der Waals surface area contributed by atoms with Crippen LogP contribution in [-0.2, 0) is 13.8 Å². The molecule has 33 heavy (non-hydrogen) atoms. The van der Waals surface area contributed by atoms with Crippen LogP contribution in [0.3, 0.4) is 0 Å². The van der Waals surface area contributed by atoms with Gasteiger partial charge in [-0.2, -0.15) is 0 Å². The van der Waals surface area contributed by atoms with E-state index in [0.29, 0.717) is 0 Å². The SMILES string of the molecule is O=c1[nH]c(=O)n([C@H]2C[C@H](O)[C@@H](COP(=O)(O)O)O2)cc1C#CCSc1ccc([N+](=O)[O-])cc1. The molecule has 176 valence electrons. The summed E-state index contributed by atoms with van der Waals surface area (Å²) in [6.45, 7) is -0.591. The molecule has 1 fully saturated rings. The van der Waals surface area contributed by atoms with Gasteiger partial charge >= 0.3 is 13.5 Å². The third-order valence-electron chi connectivity index (χ3n) is 4.47. The molecule has 2 aromatic rings. The first-order valence-corrected chi connectivity index (χ1v) is 11.8. The van der Waals surface area contributed by atoms with E-state index >= 15 is 0 Å². The molecule has 3 rings (SSSR count). The van der Waals surface area contributed by atoms with Crippen molar-refractivity contribution >= 4 is 25.3 Å². The van der Waals surface area contributed by atoms with Gasteiger partial charge in [-0.1, -0.05) is 11.8 Å². The molecule has 0 aliphatic carbocycles. The second-order valence-corrected chi connectivity index (χ2v) is 9.06. The first-order valence-electron chi connectivity index (χ1n) is 9.28. The third kappa shape index (κ3) is 6.86. The van der Waals surface area contributed by atoms with Crippen molar-refractivity contribution < 1.29 is 33.6 Å². The maximum absolute atomic E-state index is 12.2. The second kappa shape index (κ2) is 10.4. The summed E-state index contributed by atoms with van der Waals surface area (Å²) in [4.78, 5) is 54.8. The Morgan fingerprint density at radius 2 is 2.03 bits per heavy atom. The Balaban J connectivity index is 1.68. The minimum atomic E-state index is -4.76. The lowest BCUT2D eigenvalue weighted by Gasteiger charge is -2.16. The molecule has 1 saturated heterocycles. The van der Waals surface area contributed by atoms with Crippen LogP contribution >= 0.6 is 19.6 Å². The summed E-state index contributed by atoms with van der Waals surface area (Å²) in [5, 5.41) is 20.7. The highest BCUT2D eigenvalue weighted by Crippen LogP contribution is 2.38. The molecular weight excluding hydrogens is 481 g/mol. The summed E-state index contributed by atoms with van der Waals surface area (Å²) < 4.78 is 21.7. The van der Waals surface area contributed by atoms with Crippen LogP contribution in [0, 0.1) is 22.0 Å². The van der Waals surface area contributed by atoms with Crippen LogP contribution in [0.25, 0.3) is 0 Å². The van der Waals surface area contributed by atoms with Gasteiger partial charge in [-0.3, -0.25) is 29.0 Å². The number of hydrogen-bond donors (Lipinski definition) is 4. The number of nitro benzene ring substituents is 1. The fourth-order valence-electron chi connectivity index (χ4n) is 2.91. The van der Waals surface area contributed by atoms with Gasteiger partial charge in [0.2, 0.25) is 0 Å². The van der Waals surface area contributed by atoms with E-state index in [9.17, 15) is 29.4 Å². The van der Waals surface area contributed by atoms with Gasteiger partial charge in [-0.15, -0.1) is 11.8 Å². The lowest BCUT2D eigenvalue weighted by Crippen LogP contribution is -2.33. The average Bonchev–Trinajstić information content (AvgIpc) is 3.11. The average molecular weight is 499 g/mol. The number of benzene rings is 1. The summed E-state index contributed by atoms with van der Waals surface area (Å²) in [7, 11) is -4.76. The van der Waals surface area contributed by atoms with E-state index in [2.05, 4.69) is 21.3 Å². The molecule has 1 aliphatic heterocycles. The van der Waals surface area contributed by atoms with Gasteiger partial charge < -0.3 is 19.6 Å². The number of aliphatic hydroxyl groups is 1. The molecule has 2 heterocycles. The second-order valence-electron chi connectivity index (χ2n) is 6.77. The molecule has 15 heteroatoms. The highest BCUT2D eigenvalue weighted by Gasteiger charge is 2.37. The topological polar surface area (TPSA) is 194 Å². The molecule has 0 saturated carbocycles. The largest absolute Gasteiger partial charge is 0.469 e. The molecule has 3 atom stereocenters. The number of nitrogens with one attached hydrogen (secondary N) is 1. The van der Waals surface area contributed by atoms with E-state index in [-0.39, 0.29) is 23.4 Å². The van der Waals surface area contributed by atoms with Gasteiger partial charge in [0.15, 0.2) is 0 Å². The summed E-state index contributed by atoms with van der Waals surface area (Å²) in [5.74, 6) is 5.67. The number of nitrogens with zero attached hydrogens (tertiary/aromatic N) is 2. The zero-order valence-corrected chi connectivity index (χ0v) is 18.4. The molecule has 1 aromatic heterocycles. The molecular formula is C18H18N3O10PS. The van der Waals surface area contributed by atoms with Gasteiger partial charge in [-0.05, 0) is 12.1 Å². The fraction of sp³-hybridized carbons (Fsp3) is 0.333. The van der Waals surface area contributed by atoms with Crippen molar-refractivity contribution in [2.75, 3.05) is 12.4 Å². The smallest absolute Gasteiger partial charge is 0.390 e. The first kappa shape index (κ1) is 24.9. The Morgan fingerprint density at radius 1 is 1.33 bits per heavy atom. The standard InChI is InChI=1S/C18H18N3O10PS/c22-14-8-16(31-15(14)10-30-32(27,28)29)20-9-11(17(23)19-18(20)24)2-1-7-33-13-5-3-12(4-6-13)21(25)26/h3-6,9,14-16,22H,7-8,10H2,(H,19,23,24)(H2,27,28,29)/t14-,15+,16+/m0/s1. The van der Waals surface area contributed by atoms with Crippen molar-refractivity contribution in [2.24, 2.45) is 0 Å². The molecule has 0 unspecified atom stereocenters. The Kier molecular flexibility index (Phi) is 7.88. The molecule has 4 N–H and O–H groups in total. The van der Waals surface area contributed by atoms with Crippen molar-refractivity contribution in [3.8, 4) is 11.8 Å². The van der Waals surface area contributed by atoms with Crippen LogP contribution in [0.1, 0.15) is 18.2 Å². The Hall–Kier alpha value is -2.76. The van der Waals surface area contributed by atoms with Crippen LogP contribution in [0.4, 0.5) is 5.69 Å². The van der Waals surface area contributed by atoms with Crippen molar-refractivity contribution in [1.29, 1.82) is 0 Å². The number of rotatable bonds is 7. The molecule has 0 amide bonds. The minimum absolute atomic E-state index is 0.0333. The van der Waals surface area contributed by atoms with Crippen LogP contribution < -0.4 is 11.2 Å². The van der Waals surface area contributed by atoms with E-state index in [0.717, 1.165) is 9.46 Å². The van der Waals surface area contributed by atoms with E-state index < -0.39 is 49.0 Å². The quantitative estimate of drug-likeness (QED) is 0.135. The number of aromatic nitrogens is 2. The van der Waals surface area contributed by atoms with Gasteiger partial charge in [0.25, 0.3) is 11.2 Å². The van der Waals surface area contributed by atoms with Crippen molar-refractivity contribution in [3.63, 3.8) is 0 Å². The monoisotopic (exact) mass is 499 g/mol. The number of non-ortho nitro benzene ring substituents is 1. The van der Waals surface area contributed by atoms with E-state index in [1.54, 1.807) is 12.1 Å². The first-order chi connectivity index (χ1) is 15.5. The Bertz CT molecular complexity index is 1240. The van der Waals surface area contributed by atoms with Gasteiger partial charge in [0.05, 0.1) is 23.4 Å². The lowest BCUT2D eigenvalue weighted by molar-refractivity contribution is -0.384. The number of ether oxygens (including phenoxy) is 1. The maximum atomic E-state index is 12.2. The van der Waals surface area contributed by atoms with Crippen molar-refractivity contribution in [1.82, 2.24) is 9.55 Å². The van der Waals surface area contributed by atoms with Crippen LogP contribution in [0.5, 0.6) is 0 Å². The summed E-state index contributed by atoms with van der Waals surface area (Å²) in [6, 6.07) is 5.88. The van der Waals surface area contributed by atoms with Crippen molar-refractivity contribution in [2.45, 2.75) is 29.8 Å². The number of nitro groups is 1. The zero-order chi connectivity index (χ0) is 24.2. The zero-order valence-electron chi connectivity index (χ0n) is 16.7. The molecule has 0 bridgehead atoms. The summed E-state index contributed by atoms with van der Waals surface area (Å²) in [6.07, 6.45) is -2.16.